The topological polar surface area (TPSA) is 59.1 Å². The van der Waals surface area contributed by atoms with Crippen molar-refractivity contribution in [1.29, 1.82) is 0 Å². The minimum absolute atomic E-state index is 0.187. The number of halogens is 2. The van der Waals surface area contributed by atoms with E-state index >= 15 is 0 Å². The molecule has 1 amide bonds. The number of nitrogens with one attached hydrogen (secondary N) is 1. The van der Waals surface area contributed by atoms with Gasteiger partial charge in [0.1, 0.15) is 5.82 Å². The maximum atomic E-state index is 12.0. The van der Waals surface area contributed by atoms with Crippen molar-refractivity contribution < 1.29 is 9.59 Å². The predicted octanol–water partition coefficient (Wildman–Crippen LogP) is 3.45. The predicted molar refractivity (Wildman–Crippen MR) is 74.0 cm³/mol. The fourth-order valence-electron chi connectivity index (χ4n) is 1.44. The van der Waals surface area contributed by atoms with Gasteiger partial charge in [-0.05, 0) is 24.3 Å². The van der Waals surface area contributed by atoms with Crippen LogP contribution in [-0.4, -0.2) is 17.2 Å². The first kappa shape index (κ1) is 13.5. The van der Waals surface area contributed by atoms with Gasteiger partial charge in [0.2, 0.25) is 0 Å². The zero-order valence-corrected chi connectivity index (χ0v) is 11.1. The number of benzene rings is 1. The molecule has 0 spiro atoms. The van der Waals surface area contributed by atoms with Gasteiger partial charge in [0, 0.05) is 11.8 Å². The van der Waals surface area contributed by atoms with E-state index in [1.54, 1.807) is 24.3 Å². The molecule has 0 unspecified atom stereocenters. The number of pyridine rings is 1. The molecule has 2 rings (SSSR count). The summed E-state index contributed by atoms with van der Waals surface area (Å²) >= 11 is 11.9. The Kier molecular flexibility index (Phi) is 4.14. The molecule has 1 N–H and O–H groups in total. The molecule has 0 aliphatic heterocycles. The zero-order chi connectivity index (χ0) is 13.8. The van der Waals surface area contributed by atoms with Crippen LogP contribution in [0.1, 0.15) is 20.7 Å². The van der Waals surface area contributed by atoms with Gasteiger partial charge in [0.25, 0.3) is 5.91 Å². The summed E-state index contributed by atoms with van der Waals surface area (Å²) in [6.07, 6.45) is 2.03. The molecule has 0 saturated carbocycles. The van der Waals surface area contributed by atoms with E-state index in [4.69, 9.17) is 23.2 Å². The number of hydrogen-bond donors (Lipinski definition) is 1. The van der Waals surface area contributed by atoms with Crippen LogP contribution in [0.2, 0.25) is 10.0 Å². The van der Waals surface area contributed by atoms with E-state index < -0.39 is 5.91 Å². The van der Waals surface area contributed by atoms with E-state index in [0.29, 0.717) is 17.7 Å². The summed E-state index contributed by atoms with van der Waals surface area (Å²) in [5.74, 6) is -0.145. The normalized spacial score (nSPS) is 10.0. The van der Waals surface area contributed by atoms with E-state index in [9.17, 15) is 9.59 Å². The molecule has 0 aliphatic carbocycles. The number of hydrogen-bond acceptors (Lipinski definition) is 3. The molecule has 0 saturated heterocycles. The monoisotopic (exact) mass is 294 g/mol. The molecule has 6 heteroatoms. The molecule has 0 aliphatic rings. The van der Waals surface area contributed by atoms with Crippen molar-refractivity contribution in [2.24, 2.45) is 0 Å². The summed E-state index contributed by atoms with van der Waals surface area (Å²) in [7, 11) is 0. The lowest BCUT2D eigenvalue weighted by molar-refractivity contribution is 0.102. The molecule has 1 heterocycles. The number of nitrogens with zero attached hydrogens (tertiary/aromatic N) is 1. The molecule has 2 aromatic rings. The van der Waals surface area contributed by atoms with Gasteiger partial charge >= 0.3 is 0 Å². The number of carbonyl (C=O) groups is 2. The van der Waals surface area contributed by atoms with E-state index in [1.807, 2.05) is 0 Å². The Morgan fingerprint density at radius 2 is 1.84 bits per heavy atom. The van der Waals surface area contributed by atoms with Crippen LogP contribution >= 0.6 is 23.2 Å². The molecular formula is C13H8Cl2N2O2. The van der Waals surface area contributed by atoms with E-state index in [-0.39, 0.29) is 15.6 Å². The highest BCUT2D eigenvalue weighted by Gasteiger charge is 2.14. The van der Waals surface area contributed by atoms with Crippen LogP contribution in [0.5, 0.6) is 0 Å². The molecule has 0 atom stereocenters. The fourth-order valence-corrected chi connectivity index (χ4v) is 2.01. The van der Waals surface area contributed by atoms with Crippen molar-refractivity contribution in [3.05, 3.63) is 57.7 Å². The molecule has 19 heavy (non-hydrogen) atoms. The maximum Gasteiger partial charge on any atom is 0.259 e. The molecule has 96 valence electrons. The second-order valence-electron chi connectivity index (χ2n) is 3.65. The third kappa shape index (κ3) is 3.10. The summed E-state index contributed by atoms with van der Waals surface area (Å²) in [6.45, 7) is 0. The standard InChI is InChI=1S/C13H8Cl2N2O2/c14-9-2-1-3-10(15)12(9)13(19)17-11-5-4-8(7-18)6-16-11/h1-7H,(H,16,17,19). The Morgan fingerprint density at radius 1 is 1.16 bits per heavy atom. The van der Waals surface area contributed by atoms with Crippen LogP contribution in [0.25, 0.3) is 0 Å². The lowest BCUT2D eigenvalue weighted by atomic mass is 10.2. The van der Waals surface area contributed by atoms with Crippen LogP contribution in [0, 0.1) is 0 Å². The van der Waals surface area contributed by atoms with Crippen LogP contribution in [0.3, 0.4) is 0 Å². The van der Waals surface area contributed by atoms with Gasteiger partial charge in [-0.15, -0.1) is 0 Å². The van der Waals surface area contributed by atoms with Crippen molar-refractivity contribution in [2.45, 2.75) is 0 Å². The Morgan fingerprint density at radius 3 is 2.37 bits per heavy atom. The molecule has 1 aromatic heterocycles. The first-order chi connectivity index (χ1) is 9.11. The second kappa shape index (κ2) is 5.82. The number of amides is 1. The lowest BCUT2D eigenvalue weighted by Crippen LogP contribution is -2.14. The molecule has 0 radical (unpaired) electrons. The highest BCUT2D eigenvalue weighted by molar-refractivity contribution is 6.40. The van der Waals surface area contributed by atoms with Gasteiger partial charge in [-0.1, -0.05) is 29.3 Å². The number of aldehydes is 1. The van der Waals surface area contributed by atoms with Gasteiger partial charge in [0.05, 0.1) is 15.6 Å². The van der Waals surface area contributed by atoms with Crippen LogP contribution in [-0.2, 0) is 0 Å². The van der Waals surface area contributed by atoms with Crippen molar-refractivity contribution in [3.8, 4) is 0 Å². The third-order valence-corrected chi connectivity index (χ3v) is 2.98. The Hall–Kier alpha value is -1.91. The van der Waals surface area contributed by atoms with Crippen LogP contribution < -0.4 is 5.32 Å². The van der Waals surface area contributed by atoms with Crippen molar-refractivity contribution in [1.82, 2.24) is 4.98 Å². The lowest BCUT2D eigenvalue weighted by Gasteiger charge is -2.07. The summed E-state index contributed by atoms with van der Waals surface area (Å²) in [5, 5.41) is 3.07. The van der Waals surface area contributed by atoms with Crippen molar-refractivity contribution in [3.63, 3.8) is 0 Å². The van der Waals surface area contributed by atoms with Crippen LogP contribution in [0.15, 0.2) is 36.5 Å². The Labute approximate surface area is 119 Å². The quantitative estimate of drug-likeness (QED) is 0.882. The number of carbonyl (C=O) groups excluding carboxylic acids is 2. The smallest absolute Gasteiger partial charge is 0.259 e. The second-order valence-corrected chi connectivity index (χ2v) is 4.46. The summed E-state index contributed by atoms with van der Waals surface area (Å²) in [4.78, 5) is 26.4. The van der Waals surface area contributed by atoms with Gasteiger partial charge in [-0.25, -0.2) is 4.98 Å². The summed E-state index contributed by atoms with van der Waals surface area (Å²) in [5.41, 5.74) is 0.612. The van der Waals surface area contributed by atoms with E-state index in [2.05, 4.69) is 10.3 Å². The number of rotatable bonds is 3. The van der Waals surface area contributed by atoms with Crippen molar-refractivity contribution in [2.75, 3.05) is 5.32 Å². The minimum atomic E-state index is -0.457. The number of anilines is 1. The summed E-state index contributed by atoms with van der Waals surface area (Å²) in [6, 6.07) is 7.87. The zero-order valence-electron chi connectivity index (χ0n) is 9.56. The summed E-state index contributed by atoms with van der Waals surface area (Å²) < 4.78 is 0. The van der Waals surface area contributed by atoms with Gasteiger partial charge in [-0.3, -0.25) is 9.59 Å². The van der Waals surface area contributed by atoms with Gasteiger partial charge in [-0.2, -0.15) is 0 Å². The van der Waals surface area contributed by atoms with Crippen molar-refractivity contribution >= 4 is 41.2 Å². The largest absolute Gasteiger partial charge is 0.306 e. The molecular weight excluding hydrogens is 287 g/mol. The molecule has 0 fully saturated rings. The number of aromatic nitrogens is 1. The van der Waals surface area contributed by atoms with E-state index in [1.165, 1.54) is 12.3 Å². The molecule has 4 nitrogen and oxygen atoms in total. The Bertz CT molecular complexity index is 607. The van der Waals surface area contributed by atoms with Crippen LogP contribution in [0.4, 0.5) is 5.82 Å². The Balaban J connectivity index is 2.23. The molecule has 0 bridgehead atoms. The maximum absolute atomic E-state index is 12.0. The highest BCUT2D eigenvalue weighted by atomic mass is 35.5. The average Bonchev–Trinajstić information content (AvgIpc) is 2.39. The SMILES string of the molecule is O=Cc1ccc(NC(=O)c2c(Cl)cccc2Cl)nc1. The van der Waals surface area contributed by atoms with Gasteiger partial charge < -0.3 is 5.32 Å². The average molecular weight is 295 g/mol. The third-order valence-electron chi connectivity index (χ3n) is 2.35. The van der Waals surface area contributed by atoms with Gasteiger partial charge in [0.15, 0.2) is 6.29 Å². The highest BCUT2D eigenvalue weighted by Crippen LogP contribution is 2.24. The first-order valence-corrected chi connectivity index (χ1v) is 6.04. The first-order valence-electron chi connectivity index (χ1n) is 5.28. The fraction of sp³-hybridized carbons (Fsp3) is 0. The molecule has 1 aromatic carbocycles. The van der Waals surface area contributed by atoms with E-state index in [0.717, 1.165) is 0 Å². The minimum Gasteiger partial charge on any atom is -0.306 e.